The molecule has 8 heteroatoms. The second-order valence-electron chi connectivity index (χ2n) is 9.54. The molecule has 37 heavy (non-hydrogen) atoms. The van der Waals surface area contributed by atoms with Crippen LogP contribution in [0.3, 0.4) is 0 Å². The molecule has 1 saturated heterocycles. The number of carbonyl (C=O) groups is 1. The normalized spacial score (nSPS) is 16.8. The summed E-state index contributed by atoms with van der Waals surface area (Å²) in [4.78, 5) is 17.9. The first kappa shape index (κ1) is 25.0. The molecule has 192 valence electrons. The van der Waals surface area contributed by atoms with Crippen LogP contribution in [0.2, 0.25) is 0 Å². The molecule has 1 unspecified atom stereocenters. The van der Waals surface area contributed by atoms with Crippen LogP contribution in [0.4, 0.5) is 8.78 Å². The number of halogens is 2. The number of aromatic nitrogens is 2. The van der Waals surface area contributed by atoms with Gasteiger partial charge in [0.25, 0.3) is 0 Å². The molecule has 0 amide bonds. The summed E-state index contributed by atoms with van der Waals surface area (Å²) < 4.78 is 47.2. The maximum absolute atomic E-state index is 14.0. The minimum Gasteiger partial charge on any atom is -0.485 e. The number of ether oxygens (including phenoxy) is 3. The third kappa shape index (κ3) is 5.12. The van der Waals surface area contributed by atoms with E-state index in [1.54, 1.807) is 29.7 Å². The van der Waals surface area contributed by atoms with Crippen molar-refractivity contribution in [3.8, 4) is 5.75 Å². The van der Waals surface area contributed by atoms with Crippen LogP contribution in [0, 0.1) is 18.6 Å². The molecule has 3 heterocycles. The van der Waals surface area contributed by atoms with Crippen molar-refractivity contribution in [2.45, 2.75) is 52.1 Å². The summed E-state index contributed by atoms with van der Waals surface area (Å²) in [5, 5.41) is 0. The SMILES string of the molecule is Cc1nc2c(OCc3c(F)cccc3F)cccn2c1C(=O)CCc1ccccc1C1COC(C)(C)O1. The molecule has 1 aliphatic heterocycles. The Kier molecular flexibility index (Phi) is 6.79. The van der Waals surface area contributed by atoms with Gasteiger partial charge in [0.2, 0.25) is 0 Å². The molecule has 0 bridgehead atoms. The molecule has 1 fully saturated rings. The lowest BCUT2D eigenvalue weighted by molar-refractivity contribution is -0.139. The van der Waals surface area contributed by atoms with E-state index in [2.05, 4.69) is 4.98 Å². The van der Waals surface area contributed by atoms with Crippen molar-refractivity contribution < 1.29 is 27.8 Å². The number of aryl methyl sites for hydroxylation is 2. The number of benzene rings is 2. The van der Waals surface area contributed by atoms with Gasteiger partial charge in [-0.1, -0.05) is 30.3 Å². The molecule has 2 aromatic carbocycles. The van der Waals surface area contributed by atoms with E-state index >= 15 is 0 Å². The first-order valence-corrected chi connectivity index (χ1v) is 12.2. The number of rotatable bonds is 8. The fourth-order valence-corrected chi connectivity index (χ4v) is 4.71. The van der Waals surface area contributed by atoms with E-state index in [1.165, 1.54) is 18.2 Å². The van der Waals surface area contributed by atoms with Crippen LogP contribution in [0.5, 0.6) is 5.75 Å². The molecule has 6 nitrogen and oxygen atoms in total. The van der Waals surface area contributed by atoms with Gasteiger partial charge >= 0.3 is 0 Å². The smallest absolute Gasteiger partial charge is 0.181 e. The van der Waals surface area contributed by atoms with Crippen molar-refractivity contribution in [3.63, 3.8) is 0 Å². The first-order valence-electron chi connectivity index (χ1n) is 12.2. The van der Waals surface area contributed by atoms with Gasteiger partial charge < -0.3 is 14.2 Å². The Balaban J connectivity index is 1.35. The van der Waals surface area contributed by atoms with Gasteiger partial charge in [-0.05, 0) is 62.6 Å². The van der Waals surface area contributed by atoms with Crippen molar-refractivity contribution in [1.29, 1.82) is 0 Å². The first-order chi connectivity index (χ1) is 17.7. The zero-order valence-corrected chi connectivity index (χ0v) is 21.0. The van der Waals surface area contributed by atoms with Gasteiger partial charge in [-0.3, -0.25) is 9.20 Å². The summed E-state index contributed by atoms with van der Waals surface area (Å²) in [5.41, 5.74) is 3.32. The number of carbonyl (C=O) groups excluding carboxylic acids is 1. The zero-order chi connectivity index (χ0) is 26.2. The van der Waals surface area contributed by atoms with Crippen LogP contribution in [0.1, 0.15) is 59.2 Å². The highest BCUT2D eigenvalue weighted by molar-refractivity contribution is 5.96. The topological polar surface area (TPSA) is 62.1 Å². The Morgan fingerprint density at radius 3 is 2.59 bits per heavy atom. The lowest BCUT2D eigenvalue weighted by Gasteiger charge is -2.19. The molecule has 0 radical (unpaired) electrons. The second kappa shape index (κ2) is 10.0. The molecule has 1 aliphatic rings. The molecule has 0 saturated carbocycles. The van der Waals surface area contributed by atoms with Gasteiger partial charge in [0.05, 0.1) is 17.9 Å². The Hall–Kier alpha value is -3.62. The van der Waals surface area contributed by atoms with Gasteiger partial charge in [-0.15, -0.1) is 0 Å². The highest BCUT2D eigenvalue weighted by Gasteiger charge is 2.34. The Morgan fingerprint density at radius 2 is 1.86 bits per heavy atom. The van der Waals surface area contributed by atoms with E-state index in [0.717, 1.165) is 11.1 Å². The van der Waals surface area contributed by atoms with Crippen LogP contribution in [-0.2, 0) is 22.5 Å². The van der Waals surface area contributed by atoms with E-state index < -0.39 is 17.4 Å². The van der Waals surface area contributed by atoms with Crippen molar-refractivity contribution in [2.75, 3.05) is 6.61 Å². The average molecular weight is 507 g/mol. The third-order valence-electron chi connectivity index (χ3n) is 6.52. The maximum atomic E-state index is 14.0. The molecule has 5 rings (SSSR count). The van der Waals surface area contributed by atoms with Crippen LogP contribution < -0.4 is 4.74 Å². The fourth-order valence-electron chi connectivity index (χ4n) is 4.71. The van der Waals surface area contributed by atoms with Gasteiger partial charge in [-0.25, -0.2) is 13.8 Å². The lowest BCUT2D eigenvalue weighted by atomic mass is 9.97. The standard InChI is InChI=1S/C29H28F2N2O4/c1-18-27(24(34)14-13-19-8-4-5-9-20(19)26-17-36-29(2,3)37-26)33-15-7-12-25(28(33)32-18)35-16-21-22(30)10-6-11-23(21)31/h4-12,15,26H,13-14,16-17H2,1-3H3. The van der Waals surface area contributed by atoms with E-state index in [1.807, 2.05) is 38.1 Å². The van der Waals surface area contributed by atoms with Crippen LogP contribution in [0.25, 0.3) is 5.65 Å². The Bertz CT molecular complexity index is 1440. The van der Waals surface area contributed by atoms with Crippen LogP contribution >= 0.6 is 0 Å². The number of fused-ring (bicyclic) bond motifs is 1. The third-order valence-corrected chi connectivity index (χ3v) is 6.52. The molecule has 0 aliphatic carbocycles. The summed E-state index contributed by atoms with van der Waals surface area (Å²) in [5.74, 6) is -1.74. The van der Waals surface area contributed by atoms with Crippen molar-refractivity contribution in [3.05, 3.63) is 101 Å². The second-order valence-corrected chi connectivity index (χ2v) is 9.54. The lowest BCUT2D eigenvalue weighted by Crippen LogP contribution is -2.19. The van der Waals surface area contributed by atoms with Crippen LogP contribution in [0.15, 0.2) is 60.8 Å². The average Bonchev–Trinajstić information content (AvgIpc) is 3.41. The highest BCUT2D eigenvalue weighted by Crippen LogP contribution is 2.35. The highest BCUT2D eigenvalue weighted by atomic mass is 19.1. The quantitative estimate of drug-likeness (QED) is 0.269. The summed E-state index contributed by atoms with van der Waals surface area (Å²) in [6.45, 7) is 5.70. The molecular weight excluding hydrogens is 478 g/mol. The molecule has 4 aromatic rings. The van der Waals surface area contributed by atoms with E-state index in [-0.39, 0.29) is 30.5 Å². The summed E-state index contributed by atoms with van der Waals surface area (Å²) in [7, 11) is 0. The monoisotopic (exact) mass is 506 g/mol. The largest absolute Gasteiger partial charge is 0.485 e. The summed E-state index contributed by atoms with van der Waals surface area (Å²) in [6, 6.07) is 15.0. The Labute approximate surface area is 213 Å². The predicted octanol–water partition coefficient (Wildman–Crippen LogP) is 6.14. The van der Waals surface area contributed by atoms with Crippen molar-refractivity contribution in [1.82, 2.24) is 9.38 Å². The van der Waals surface area contributed by atoms with E-state index in [4.69, 9.17) is 14.2 Å². The number of pyridine rings is 1. The zero-order valence-electron chi connectivity index (χ0n) is 21.0. The van der Waals surface area contributed by atoms with Crippen molar-refractivity contribution in [2.24, 2.45) is 0 Å². The van der Waals surface area contributed by atoms with Gasteiger partial charge in [0.15, 0.2) is 23.0 Å². The minimum atomic E-state index is -0.680. The fraction of sp³-hybridized carbons (Fsp3) is 0.310. The molecule has 0 N–H and O–H groups in total. The predicted molar refractivity (Wildman–Crippen MR) is 134 cm³/mol. The number of imidazole rings is 1. The molecule has 2 aromatic heterocycles. The molecular formula is C29H28F2N2O4. The number of Topliss-reactive ketones (excluding diaryl/α,β-unsaturated/α-hetero) is 1. The number of hydrogen-bond acceptors (Lipinski definition) is 5. The number of ketones is 1. The summed E-state index contributed by atoms with van der Waals surface area (Å²) >= 11 is 0. The Morgan fingerprint density at radius 1 is 1.11 bits per heavy atom. The van der Waals surface area contributed by atoms with Gasteiger partial charge in [0, 0.05) is 12.6 Å². The number of nitrogens with zero attached hydrogens (tertiary/aromatic N) is 2. The number of hydrogen-bond donors (Lipinski definition) is 0. The van der Waals surface area contributed by atoms with E-state index in [0.29, 0.717) is 35.8 Å². The van der Waals surface area contributed by atoms with Gasteiger partial charge in [-0.2, -0.15) is 0 Å². The van der Waals surface area contributed by atoms with Gasteiger partial charge in [0.1, 0.15) is 30.0 Å². The van der Waals surface area contributed by atoms with E-state index in [9.17, 15) is 13.6 Å². The summed E-state index contributed by atoms with van der Waals surface area (Å²) in [6.07, 6.45) is 2.36. The molecule has 1 atom stereocenters. The maximum Gasteiger partial charge on any atom is 0.181 e. The van der Waals surface area contributed by atoms with Crippen molar-refractivity contribution >= 4 is 11.4 Å². The minimum absolute atomic E-state index is 0.0685. The molecule has 0 spiro atoms. The van der Waals surface area contributed by atoms with Crippen LogP contribution in [-0.4, -0.2) is 27.6 Å².